The summed E-state index contributed by atoms with van der Waals surface area (Å²) in [6, 6.07) is 23.9. The number of aliphatic hydroxyl groups is 1. The second kappa shape index (κ2) is 10.1. The highest BCUT2D eigenvalue weighted by Gasteiger charge is 2.47. The van der Waals surface area contributed by atoms with Gasteiger partial charge in [0.2, 0.25) is 0 Å². The number of amides is 1. The van der Waals surface area contributed by atoms with Crippen molar-refractivity contribution in [1.82, 2.24) is 0 Å². The fourth-order valence-electron chi connectivity index (χ4n) is 4.57. The molecule has 1 aliphatic heterocycles. The van der Waals surface area contributed by atoms with Gasteiger partial charge >= 0.3 is 0 Å². The third kappa shape index (κ3) is 4.68. The molecule has 5 rings (SSSR count). The SMILES string of the molecule is Cc1ccc(N2C(=O)C(=O)/C(=C(\O)c3ccc(OCc4ccccc4)c(C)c3)C2c2sccc2C)cc1. The zero-order valence-corrected chi connectivity index (χ0v) is 21.7. The molecule has 0 spiro atoms. The molecule has 1 fully saturated rings. The summed E-state index contributed by atoms with van der Waals surface area (Å²) in [5.74, 6) is -0.852. The predicted molar refractivity (Wildman–Crippen MR) is 147 cm³/mol. The van der Waals surface area contributed by atoms with Crippen molar-refractivity contribution in [2.24, 2.45) is 0 Å². The van der Waals surface area contributed by atoms with Gasteiger partial charge in [0.25, 0.3) is 11.7 Å². The normalized spacial score (nSPS) is 16.8. The van der Waals surface area contributed by atoms with E-state index in [2.05, 4.69) is 0 Å². The van der Waals surface area contributed by atoms with Crippen LogP contribution in [0, 0.1) is 20.8 Å². The Hall–Kier alpha value is -4.16. The topological polar surface area (TPSA) is 66.8 Å². The minimum absolute atomic E-state index is 0.0912. The van der Waals surface area contributed by atoms with Crippen LogP contribution < -0.4 is 9.64 Å². The Balaban J connectivity index is 1.55. The van der Waals surface area contributed by atoms with E-state index < -0.39 is 17.7 Å². The van der Waals surface area contributed by atoms with Crippen molar-refractivity contribution < 1.29 is 19.4 Å². The van der Waals surface area contributed by atoms with E-state index in [0.29, 0.717) is 23.6 Å². The lowest BCUT2D eigenvalue weighted by Crippen LogP contribution is -2.29. The first kappa shape index (κ1) is 24.5. The Morgan fingerprint density at radius 3 is 2.30 bits per heavy atom. The standard InChI is InChI=1S/C31H27NO4S/c1-19-9-12-24(13-10-19)32-27(30-20(2)15-16-37-30)26(29(34)31(32)35)28(33)23-11-14-25(21(3)17-23)36-18-22-7-5-4-6-8-22/h4-17,27,33H,18H2,1-3H3/b28-26-. The Bertz CT molecular complexity index is 1500. The highest BCUT2D eigenvalue weighted by atomic mass is 32.1. The number of ketones is 1. The molecule has 1 aliphatic rings. The third-order valence-electron chi connectivity index (χ3n) is 6.59. The third-order valence-corrected chi connectivity index (χ3v) is 7.66. The fourth-order valence-corrected chi connectivity index (χ4v) is 5.59. The lowest BCUT2D eigenvalue weighted by molar-refractivity contribution is -0.132. The van der Waals surface area contributed by atoms with E-state index in [1.165, 1.54) is 16.2 Å². The van der Waals surface area contributed by atoms with Crippen molar-refractivity contribution in [3.63, 3.8) is 0 Å². The number of aryl methyl sites for hydroxylation is 3. The van der Waals surface area contributed by atoms with Crippen LogP contribution in [0.3, 0.4) is 0 Å². The minimum Gasteiger partial charge on any atom is -0.507 e. The molecule has 1 amide bonds. The molecule has 1 atom stereocenters. The molecule has 4 aromatic rings. The van der Waals surface area contributed by atoms with E-state index in [-0.39, 0.29) is 11.3 Å². The van der Waals surface area contributed by atoms with Gasteiger partial charge in [0.15, 0.2) is 0 Å². The van der Waals surface area contributed by atoms with Crippen LogP contribution in [0.25, 0.3) is 5.76 Å². The number of thiophene rings is 1. The van der Waals surface area contributed by atoms with Crippen molar-refractivity contribution in [2.45, 2.75) is 33.4 Å². The van der Waals surface area contributed by atoms with Crippen LogP contribution in [-0.4, -0.2) is 16.8 Å². The average Bonchev–Trinajstić information content (AvgIpc) is 3.44. The maximum Gasteiger partial charge on any atom is 0.300 e. The summed E-state index contributed by atoms with van der Waals surface area (Å²) in [5, 5.41) is 13.4. The van der Waals surface area contributed by atoms with Crippen LogP contribution in [-0.2, 0) is 16.2 Å². The van der Waals surface area contributed by atoms with Gasteiger partial charge in [-0.15, -0.1) is 11.3 Å². The van der Waals surface area contributed by atoms with Crippen LogP contribution in [0.5, 0.6) is 5.75 Å². The lowest BCUT2D eigenvalue weighted by Gasteiger charge is -2.25. The molecular weight excluding hydrogens is 482 g/mol. The number of rotatable bonds is 6. The van der Waals surface area contributed by atoms with Crippen molar-refractivity contribution in [1.29, 1.82) is 0 Å². The maximum absolute atomic E-state index is 13.4. The van der Waals surface area contributed by atoms with Crippen molar-refractivity contribution in [3.05, 3.63) is 123 Å². The van der Waals surface area contributed by atoms with E-state index in [9.17, 15) is 14.7 Å². The van der Waals surface area contributed by atoms with Gasteiger partial charge in [-0.3, -0.25) is 14.5 Å². The highest BCUT2D eigenvalue weighted by Crippen LogP contribution is 2.45. The smallest absolute Gasteiger partial charge is 0.300 e. The van der Waals surface area contributed by atoms with Gasteiger partial charge in [-0.1, -0.05) is 48.0 Å². The fraction of sp³-hybridized carbons (Fsp3) is 0.161. The highest BCUT2D eigenvalue weighted by molar-refractivity contribution is 7.10. The molecule has 1 unspecified atom stereocenters. The molecule has 3 aromatic carbocycles. The van der Waals surface area contributed by atoms with Gasteiger partial charge < -0.3 is 9.84 Å². The molecule has 37 heavy (non-hydrogen) atoms. The molecular formula is C31H27NO4S. The van der Waals surface area contributed by atoms with E-state index >= 15 is 0 Å². The zero-order valence-electron chi connectivity index (χ0n) is 20.9. The molecule has 1 aromatic heterocycles. The summed E-state index contributed by atoms with van der Waals surface area (Å²) in [7, 11) is 0. The summed E-state index contributed by atoms with van der Waals surface area (Å²) in [6.45, 7) is 6.23. The van der Waals surface area contributed by atoms with E-state index in [1.807, 2.05) is 86.8 Å². The number of ether oxygens (including phenoxy) is 1. The molecule has 0 bridgehead atoms. The predicted octanol–water partition coefficient (Wildman–Crippen LogP) is 6.88. The van der Waals surface area contributed by atoms with Crippen molar-refractivity contribution in [3.8, 4) is 5.75 Å². The number of hydrogen-bond donors (Lipinski definition) is 1. The van der Waals surface area contributed by atoms with Gasteiger partial charge in [-0.05, 0) is 79.2 Å². The number of anilines is 1. The minimum atomic E-state index is -0.711. The van der Waals surface area contributed by atoms with Gasteiger partial charge in [-0.2, -0.15) is 0 Å². The Labute approximate surface area is 220 Å². The second-order valence-electron chi connectivity index (χ2n) is 9.23. The summed E-state index contributed by atoms with van der Waals surface area (Å²) in [5.41, 5.74) is 5.05. The van der Waals surface area contributed by atoms with Crippen LogP contribution >= 0.6 is 11.3 Å². The van der Waals surface area contributed by atoms with Crippen molar-refractivity contribution in [2.75, 3.05) is 4.90 Å². The monoisotopic (exact) mass is 509 g/mol. The first-order valence-electron chi connectivity index (χ1n) is 12.0. The molecule has 0 aliphatic carbocycles. The van der Waals surface area contributed by atoms with Gasteiger partial charge in [0.05, 0.1) is 5.57 Å². The average molecular weight is 510 g/mol. The molecule has 1 N–H and O–H groups in total. The number of hydrogen-bond acceptors (Lipinski definition) is 5. The van der Waals surface area contributed by atoms with Crippen LogP contribution in [0.4, 0.5) is 5.69 Å². The van der Waals surface area contributed by atoms with E-state index in [1.54, 1.807) is 18.2 Å². The number of benzene rings is 3. The summed E-state index contributed by atoms with van der Waals surface area (Å²) in [6.07, 6.45) is 0. The Morgan fingerprint density at radius 1 is 0.919 bits per heavy atom. The molecule has 186 valence electrons. The van der Waals surface area contributed by atoms with E-state index in [4.69, 9.17) is 4.74 Å². The lowest BCUT2D eigenvalue weighted by atomic mass is 9.97. The maximum atomic E-state index is 13.4. The number of carbonyl (C=O) groups is 2. The summed E-state index contributed by atoms with van der Waals surface area (Å²) < 4.78 is 5.98. The molecule has 5 nitrogen and oxygen atoms in total. The van der Waals surface area contributed by atoms with Crippen LogP contribution in [0.2, 0.25) is 0 Å². The molecule has 1 saturated heterocycles. The first-order valence-corrected chi connectivity index (χ1v) is 12.9. The Kier molecular flexibility index (Phi) is 6.68. The quantitative estimate of drug-likeness (QED) is 0.175. The van der Waals surface area contributed by atoms with Crippen molar-refractivity contribution >= 4 is 34.5 Å². The Morgan fingerprint density at radius 2 is 1.65 bits per heavy atom. The molecule has 6 heteroatoms. The number of carbonyl (C=O) groups excluding carboxylic acids is 2. The molecule has 2 heterocycles. The second-order valence-corrected chi connectivity index (χ2v) is 10.2. The number of aliphatic hydroxyl groups excluding tert-OH is 1. The van der Waals surface area contributed by atoms with E-state index in [0.717, 1.165) is 27.1 Å². The summed E-state index contributed by atoms with van der Waals surface area (Å²) in [4.78, 5) is 29.0. The van der Waals surface area contributed by atoms with Gasteiger partial charge in [0, 0.05) is 16.1 Å². The summed E-state index contributed by atoms with van der Waals surface area (Å²) >= 11 is 1.47. The van der Waals surface area contributed by atoms with Gasteiger partial charge in [-0.25, -0.2) is 0 Å². The first-order chi connectivity index (χ1) is 17.8. The number of Topliss-reactive ketones (excluding diaryl/α,β-unsaturated/α-hetero) is 1. The zero-order chi connectivity index (χ0) is 26.1. The number of nitrogens with zero attached hydrogens (tertiary/aromatic N) is 1. The molecule has 0 saturated carbocycles. The molecule has 0 radical (unpaired) electrons. The van der Waals surface area contributed by atoms with Crippen LogP contribution in [0.1, 0.15) is 38.7 Å². The van der Waals surface area contributed by atoms with Crippen LogP contribution in [0.15, 0.2) is 89.8 Å². The largest absolute Gasteiger partial charge is 0.507 e. The van der Waals surface area contributed by atoms with Gasteiger partial charge in [0.1, 0.15) is 24.2 Å².